The molecule has 2 atom stereocenters. The molecule has 26 heavy (non-hydrogen) atoms. The molecule has 0 radical (unpaired) electrons. The summed E-state index contributed by atoms with van der Waals surface area (Å²) >= 11 is 0. The topological polar surface area (TPSA) is 72.0 Å². The van der Waals surface area contributed by atoms with Gasteiger partial charge in [-0.25, -0.2) is 0 Å². The number of rotatable bonds is 10. The lowest BCUT2D eigenvalue weighted by atomic mass is 10.2. The fraction of sp³-hybridized carbons (Fsp3) is 0.611. The van der Waals surface area contributed by atoms with Crippen LogP contribution in [0, 0.1) is 0 Å². The third-order valence-electron chi connectivity index (χ3n) is 3.90. The molecule has 2 N–H and O–H groups in total. The zero-order chi connectivity index (χ0) is 17.7. The van der Waals surface area contributed by atoms with E-state index in [1.807, 2.05) is 30.3 Å². The lowest BCUT2D eigenvalue weighted by Crippen LogP contribution is -2.39. The molecule has 1 aromatic rings. The summed E-state index contributed by atoms with van der Waals surface area (Å²) < 4.78 is 23.3. The minimum Gasteiger partial charge on any atom is -0.379 e. The Balaban J connectivity index is 0.00000338. The van der Waals surface area contributed by atoms with Crippen molar-refractivity contribution >= 4 is 40.7 Å². The van der Waals surface area contributed by atoms with Crippen LogP contribution in [0.2, 0.25) is 0 Å². The van der Waals surface area contributed by atoms with Crippen LogP contribution in [-0.2, 0) is 20.3 Å². The molecule has 1 fully saturated rings. The first-order chi connectivity index (χ1) is 12.3. The molecule has 2 unspecified atom stereocenters. The van der Waals surface area contributed by atoms with E-state index in [-0.39, 0.29) is 30.1 Å². The molecule has 1 saturated heterocycles. The normalized spacial score (nSPS) is 18.2. The van der Waals surface area contributed by atoms with Gasteiger partial charge in [0.05, 0.1) is 23.5 Å². The Morgan fingerprint density at radius 3 is 2.77 bits per heavy atom. The predicted molar refractivity (Wildman–Crippen MR) is 117 cm³/mol. The van der Waals surface area contributed by atoms with E-state index in [4.69, 9.17) is 9.47 Å². The fourth-order valence-electron chi connectivity index (χ4n) is 2.54. The quantitative estimate of drug-likeness (QED) is 0.225. The van der Waals surface area contributed by atoms with Crippen LogP contribution >= 0.6 is 24.0 Å². The Kier molecular flexibility index (Phi) is 12.9. The Morgan fingerprint density at radius 1 is 1.31 bits per heavy atom. The average molecular weight is 495 g/mol. The standard InChI is InChI=1S/C18H29N3O3S.HI/c1-19-18(20-10-6-12-23-15-16-7-5-13-24-16)21-11-14-25(22)17-8-3-2-4-9-17;/h2-4,8-9,16H,5-7,10-15H2,1H3,(H2,19,20,21);1H. The van der Waals surface area contributed by atoms with Crippen LogP contribution in [0.15, 0.2) is 40.2 Å². The van der Waals surface area contributed by atoms with Gasteiger partial charge >= 0.3 is 0 Å². The van der Waals surface area contributed by atoms with E-state index in [1.54, 1.807) is 7.05 Å². The molecule has 0 aromatic heterocycles. The third kappa shape index (κ3) is 9.29. The molecule has 148 valence electrons. The van der Waals surface area contributed by atoms with Crippen LogP contribution in [-0.4, -0.2) is 62.0 Å². The molecule has 1 heterocycles. The SMILES string of the molecule is CN=C(NCCCOCC1CCCO1)NCCS(=O)c1ccccc1.I. The van der Waals surface area contributed by atoms with Crippen molar-refractivity contribution in [1.82, 2.24) is 10.6 Å². The van der Waals surface area contributed by atoms with E-state index in [1.165, 1.54) is 0 Å². The maximum Gasteiger partial charge on any atom is 0.191 e. The molecular formula is C18H30IN3O3S. The molecule has 0 amide bonds. The van der Waals surface area contributed by atoms with Gasteiger partial charge in [-0.2, -0.15) is 0 Å². The second-order valence-electron chi connectivity index (χ2n) is 5.85. The Bertz CT molecular complexity index is 540. The molecule has 0 spiro atoms. The van der Waals surface area contributed by atoms with Crippen molar-refractivity contribution in [2.24, 2.45) is 4.99 Å². The molecule has 0 saturated carbocycles. The van der Waals surface area contributed by atoms with E-state index < -0.39 is 10.8 Å². The van der Waals surface area contributed by atoms with Crippen LogP contribution in [0.25, 0.3) is 0 Å². The molecule has 8 heteroatoms. The summed E-state index contributed by atoms with van der Waals surface area (Å²) in [6.45, 7) is 3.66. The summed E-state index contributed by atoms with van der Waals surface area (Å²) in [7, 11) is 0.743. The number of nitrogens with one attached hydrogen (secondary N) is 2. The predicted octanol–water partition coefficient (Wildman–Crippen LogP) is 2.16. The number of benzene rings is 1. The van der Waals surface area contributed by atoms with Gasteiger partial charge in [0, 0.05) is 44.0 Å². The summed E-state index contributed by atoms with van der Waals surface area (Å²) in [6.07, 6.45) is 3.45. The average Bonchev–Trinajstić information content (AvgIpc) is 3.17. The van der Waals surface area contributed by atoms with Crippen LogP contribution in [0.4, 0.5) is 0 Å². The number of ether oxygens (including phenoxy) is 2. The third-order valence-corrected chi connectivity index (χ3v) is 5.27. The molecule has 1 aliphatic rings. The van der Waals surface area contributed by atoms with Crippen molar-refractivity contribution in [2.45, 2.75) is 30.3 Å². The van der Waals surface area contributed by atoms with Crippen molar-refractivity contribution in [1.29, 1.82) is 0 Å². The molecule has 0 aliphatic carbocycles. The van der Waals surface area contributed by atoms with Gasteiger partial charge in [-0.3, -0.25) is 9.20 Å². The lowest BCUT2D eigenvalue weighted by molar-refractivity contribution is 0.0168. The van der Waals surface area contributed by atoms with Gasteiger partial charge in [0.15, 0.2) is 5.96 Å². The lowest BCUT2D eigenvalue weighted by Gasteiger charge is -2.13. The first-order valence-corrected chi connectivity index (χ1v) is 10.2. The fourth-order valence-corrected chi connectivity index (χ4v) is 3.53. The largest absolute Gasteiger partial charge is 0.379 e. The Morgan fingerprint density at radius 2 is 2.08 bits per heavy atom. The number of halogens is 1. The number of hydrogen-bond acceptors (Lipinski definition) is 4. The summed E-state index contributed by atoms with van der Waals surface area (Å²) in [4.78, 5) is 5.03. The van der Waals surface area contributed by atoms with E-state index in [0.29, 0.717) is 25.5 Å². The molecular weight excluding hydrogens is 465 g/mol. The van der Waals surface area contributed by atoms with Gasteiger partial charge in [-0.05, 0) is 31.4 Å². The van der Waals surface area contributed by atoms with Crippen molar-refractivity contribution < 1.29 is 13.7 Å². The second kappa shape index (κ2) is 14.4. The van der Waals surface area contributed by atoms with Gasteiger partial charge in [0.2, 0.25) is 0 Å². The Labute approximate surface area is 176 Å². The molecule has 1 aromatic carbocycles. The molecule has 0 bridgehead atoms. The van der Waals surface area contributed by atoms with Gasteiger partial charge < -0.3 is 20.1 Å². The minimum atomic E-state index is -0.990. The van der Waals surface area contributed by atoms with E-state index in [0.717, 1.165) is 43.3 Å². The maximum absolute atomic E-state index is 12.1. The molecule has 1 aliphatic heterocycles. The summed E-state index contributed by atoms with van der Waals surface area (Å²) in [6, 6.07) is 9.51. The summed E-state index contributed by atoms with van der Waals surface area (Å²) in [5, 5.41) is 6.43. The van der Waals surface area contributed by atoms with Gasteiger partial charge in [0.25, 0.3) is 0 Å². The highest BCUT2D eigenvalue weighted by Crippen LogP contribution is 2.11. The van der Waals surface area contributed by atoms with Gasteiger partial charge in [-0.15, -0.1) is 24.0 Å². The van der Waals surface area contributed by atoms with Crippen LogP contribution in [0.5, 0.6) is 0 Å². The smallest absolute Gasteiger partial charge is 0.191 e. The molecule has 2 rings (SSSR count). The van der Waals surface area contributed by atoms with Crippen LogP contribution in [0.1, 0.15) is 19.3 Å². The van der Waals surface area contributed by atoms with Crippen molar-refractivity contribution in [3.63, 3.8) is 0 Å². The maximum atomic E-state index is 12.1. The van der Waals surface area contributed by atoms with Crippen molar-refractivity contribution in [2.75, 3.05) is 45.7 Å². The number of guanidine groups is 1. The summed E-state index contributed by atoms with van der Waals surface area (Å²) in [5.41, 5.74) is 0. The first kappa shape index (κ1) is 23.3. The Hall–Kier alpha value is -0.710. The second-order valence-corrected chi connectivity index (χ2v) is 7.42. The zero-order valence-corrected chi connectivity index (χ0v) is 18.5. The van der Waals surface area contributed by atoms with Crippen LogP contribution in [0.3, 0.4) is 0 Å². The number of aliphatic imine (C=N–C) groups is 1. The van der Waals surface area contributed by atoms with Crippen molar-refractivity contribution in [3.05, 3.63) is 30.3 Å². The van der Waals surface area contributed by atoms with Crippen molar-refractivity contribution in [3.8, 4) is 0 Å². The van der Waals surface area contributed by atoms with E-state index in [2.05, 4.69) is 15.6 Å². The van der Waals surface area contributed by atoms with Gasteiger partial charge in [-0.1, -0.05) is 18.2 Å². The minimum absolute atomic E-state index is 0. The van der Waals surface area contributed by atoms with E-state index >= 15 is 0 Å². The summed E-state index contributed by atoms with van der Waals surface area (Å²) in [5.74, 6) is 1.28. The molecule has 6 nitrogen and oxygen atoms in total. The zero-order valence-electron chi connectivity index (χ0n) is 15.3. The monoisotopic (exact) mass is 495 g/mol. The van der Waals surface area contributed by atoms with E-state index in [9.17, 15) is 4.21 Å². The number of hydrogen-bond donors (Lipinski definition) is 2. The number of nitrogens with zero attached hydrogens (tertiary/aromatic N) is 1. The highest BCUT2D eigenvalue weighted by Gasteiger charge is 2.14. The van der Waals surface area contributed by atoms with Gasteiger partial charge in [0.1, 0.15) is 0 Å². The highest BCUT2D eigenvalue weighted by atomic mass is 127. The van der Waals surface area contributed by atoms with Crippen LogP contribution < -0.4 is 10.6 Å². The highest BCUT2D eigenvalue weighted by molar-refractivity contribution is 14.0. The first-order valence-electron chi connectivity index (χ1n) is 8.87.